The highest BCUT2D eigenvalue weighted by molar-refractivity contribution is 5.91. The van der Waals surface area contributed by atoms with E-state index in [0.717, 1.165) is 0 Å². The smallest absolute Gasteiger partial charge is 0.408 e. The van der Waals surface area contributed by atoms with Crippen molar-refractivity contribution in [1.29, 1.82) is 0 Å². The van der Waals surface area contributed by atoms with Gasteiger partial charge in [0.2, 0.25) is 11.8 Å². The van der Waals surface area contributed by atoms with Crippen LogP contribution >= 0.6 is 0 Å². The minimum Gasteiger partial charge on any atom is -0.481 e. The van der Waals surface area contributed by atoms with Crippen LogP contribution in [0.3, 0.4) is 0 Å². The molecule has 0 saturated heterocycles. The molecule has 0 saturated carbocycles. The number of alkyl carbamates (subject to hydrolysis) is 1. The number of rotatable bonds is 10. The lowest BCUT2D eigenvalue weighted by molar-refractivity contribution is -0.143. The summed E-state index contributed by atoms with van der Waals surface area (Å²) in [5.74, 6) is -4.54. The highest BCUT2D eigenvalue weighted by atomic mass is 16.6. The number of aliphatic carboxylic acids is 2. The molecule has 0 spiro atoms. The third kappa shape index (κ3) is 11.4. The Morgan fingerprint density at radius 1 is 1.00 bits per heavy atom. The Hall–Kier alpha value is -2.89. The maximum absolute atomic E-state index is 12.0. The summed E-state index contributed by atoms with van der Waals surface area (Å²) >= 11 is 0. The molecule has 0 aromatic heterocycles. The Labute approximate surface area is 155 Å². The normalized spacial score (nSPS) is 13.0. The van der Waals surface area contributed by atoms with Crippen LogP contribution in [0.25, 0.3) is 0 Å². The van der Waals surface area contributed by atoms with Crippen LogP contribution in [0.2, 0.25) is 0 Å². The minimum absolute atomic E-state index is 0.372. The quantitative estimate of drug-likeness (QED) is 0.255. The highest BCUT2D eigenvalue weighted by Crippen LogP contribution is 2.06. The van der Waals surface area contributed by atoms with Gasteiger partial charge in [-0.1, -0.05) is 0 Å². The number of hydrogen-bond acceptors (Lipinski definition) is 7. The first kappa shape index (κ1) is 24.1. The summed E-state index contributed by atoms with van der Waals surface area (Å²) in [6.07, 6.45) is -1.72. The maximum Gasteiger partial charge on any atom is 0.408 e. The summed E-state index contributed by atoms with van der Waals surface area (Å²) in [6, 6.07) is -2.98. The number of ether oxygens (including phenoxy) is 1. The van der Waals surface area contributed by atoms with E-state index in [-0.39, 0.29) is 6.42 Å². The third-order valence-electron chi connectivity index (χ3n) is 2.89. The van der Waals surface area contributed by atoms with Crippen molar-refractivity contribution in [3.05, 3.63) is 0 Å². The molecule has 0 unspecified atom stereocenters. The van der Waals surface area contributed by atoms with Gasteiger partial charge >= 0.3 is 18.0 Å². The SMILES string of the molecule is CC(C)(C)OC(=O)NCC(=O)N[C@@H](CO)C(=O)N[C@@H](CCC(=O)O)C(=O)O. The highest BCUT2D eigenvalue weighted by Gasteiger charge is 2.26. The van der Waals surface area contributed by atoms with E-state index in [1.807, 2.05) is 5.32 Å². The van der Waals surface area contributed by atoms with E-state index < -0.39 is 67.1 Å². The van der Waals surface area contributed by atoms with Crippen molar-refractivity contribution < 1.29 is 44.0 Å². The number of carboxylic acid groups (broad SMARTS) is 2. The molecule has 0 heterocycles. The van der Waals surface area contributed by atoms with E-state index >= 15 is 0 Å². The van der Waals surface area contributed by atoms with Gasteiger partial charge in [-0.3, -0.25) is 14.4 Å². The van der Waals surface area contributed by atoms with Crippen molar-refractivity contribution in [3.63, 3.8) is 0 Å². The van der Waals surface area contributed by atoms with Gasteiger partial charge in [0, 0.05) is 6.42 Å². The van der Waals surface area contributed by atoms with E-state index in [2.05, 4.69) is 10.6 Å². The van der Waals surface area contributed by atoms with Crippen LogP contribution in [0.1, 0.15) is 33.6 Å². The molecular formula is C15H25N3O9. The van der Waals surface area contributed by atoms with Crippen molar-refractivity contribution in [3.8, 4) is 0 Å². The molecule has 0 radical (unpaired) electrons. The Bertz CT molecular complexity index is 571. The third-order valence-corrected chi connectivity index (χ3v) is 2.89. The van der Waals surface area contributed by atoms with Gasteiger partial charge < -0.3 is 36.0 Å². The zero-order chi connectivity index (χ0) is 21.2. The number of amides is 3. The predicted octanol–water partition coefficient (Wildman–Crippen LogP) is -1.58. The minimum atomic E-state index is -1.50. The number of carbonyl (C=O) groups excluding carboxylic acids is 3. The first-order chi connectivity index (χ1) is 12.4. The Morgan fingerprint density at radius 2 is 1.59 bits per heavy atom. The van der Waals surface area contributed by atoms with Crippen LogP contribution in [0.4, 0.5) is 4.79 Å². The summed E-state index contributed by atoms with van der Waals surface area (Å²) in [4.78, 5) is 56.8. The molecule has 0 aliphatic rings. The van der Waals surface area contributed by atoms with Crippen LogP contribution in [0.5, 0.6) is 0 Å². The second-order valence-electron chi connectivity index (χ2n) is 6.49. The summed E-state index contributed by atoms with van der Waals surface area (Å²) in [5.41, 5.74) is -0.768. The molecule has 6 N–H and O–H groups in total. The Kier molecular flexibility index (Phi) is 9.78. The first-order valence-electron chi connectivity index (χ1n) is 7.97. The molecule has 154 valence electrons. The van der Waals surface area contributed by atoms with Crippen LogP contribution in [0, 0.1) is 0 Å². The van der Waals surface area contributed by atoms with Gasteiger partial charge in [-0.15, -0.1) is 0 Å². The number of aliphatic hydroxyl groups is 1. The van der Waals surface area contributed by atoms with Gasteiger partial charge in [0.15, 0.2) is 0 Å². The van der Waals surface area contributed by atoms with Gasteiger partial charge in [-0.05, 0) is 27.2 Å². The van der Waals surface area contributed by atoms with Crippen molar-refractivity contribution in [2.45, 2.75) is 51.3 Å². The average molecular weight is 391 g/mol. The van der Waals surface area contributed by atoms with Crippen molar-refractivity contribution in [2.75, 3.05) is 13.2 Å². The van der Waals surface area contributed by atoms with Crippen molar-refractivity contribution in [1.82, 2.24) is 16.0 Å². The Morgan fingerprint density at radius 3 is 2.04 bits per heavy atom. The first-order valence-corrected chi connectivity index (χ1v) is 7.97. The second-order valence-corrected chi connectivity index (χ2v) is 6.49. The molecule has 0 aliphatic heterocycles. The van der Waals surface area contributed by atoms with Crippen molar-refractivity contribution >= 4 is 29.8 Å². The van der Waals surface area contributed by atoms with Gasteiger partial charge in [-0.25, -0.2) is 9.59 Å². The van der Waals surface area contributed by atoms with E-state index in [1.165, 1.54) is 0 Å². The molecule has 27 heavy (non-hydrogen) atoms. The lowest BCUT2D eigenvalue weighted by Gasteiger charge is -2.21. The second kappa shape index (κ2) is 11.0. The summed E-state index contributed by atoms with van der Waals surface area (Å²) in [5, 5.41) is 33.1. The predicted molar refractivity (Wildman–Crippen MR) is 89.7 cm³/mol. The molecule has 2 atom stereocenters. The largest absolute Gasteiger partial charge is 0.481 e. The molecule has 12 heteroatoms. The Balaban J connectivity index is 4.61. The number of carbonyl (C=O) groups is 5. The lowest BCUT2D eigenvalue weighted by Crippen LogP contribution is -2.54. The number of carboxylic acids is 2. The van der Waals surface area contributed by atoms with Gasteiger partial charge in [0.25, 0.3) is 0 Å². The molecule has 0 bridgehead atoms. The lowest BCUT2D eigenvalue weighted by atomic mass is 10.1. The maximum atomic E-state index is 12.0. The topological polar surface area (TPSA) is 191 Å². The fourth-order valence-corrected chi connectivity index (χ4v) is 1.70. The van der Waals surface area contributed by atoms with Crippen LogP contribution in [0.15, 0.2) is 0 Å². The van der Waals surface area contributed by atoms with Gasteiger partial charge in [0.1, 0.15) is 24.2 Å². The monoisotopic (exact) mass is 391 g/mol. The standard InChI is InChI=1S/C15H25N3O9/c1-15(2,3)27-14(26)16-6-10(20)17-9(7-19)12(23)18-8(13(24)25)4-5-11(21)22/h8-9,19H,4-7H2,1-3H3,(H,16,26)(H,17,20)(H,18,23)(H,21,22)(H,24,25)/t8-,9-/m0/s1. The van der Waals surface area contributed by atoms with Crippen LogP contribution in [-0.2, 0) is 23.9 Å². The molecule has 0 aromatic carbocycles. The van der Waals surface area contributed by atoms with E-state index in [4.69, 9.17) is 14.9 Å². The van der Waals surface area contributed by atoms with E-state index in [9.17, 15) is 29.1 Å². The zero-order valence-electron chi connectivity index (χ0n) is 15.3. The summed E-state index contributed by atoms with van der Waals surface area (Å²) < 4.78 is 4.92. The number of nitrogens with one attached hydrogen (secondary N) is 3. The zero-order valence-corrected chi connectivity index (χ0v) is 15.3. The van der Waals surface area contributed by atoms with E-state index in [0.29, 0.717) is 0 Å². The number of hydrogen-bond donors (Lipinski definition) is 6. The van der Waals surface area contributed by atoms with Crippen molar-refractivity contribution in [2.24, 2.45) is 0 Å². The fraction of sp³-hybridized carbons (Fsp3) is 0.667. The summed E-state index contributed by atoms with van der Waals surface area (Å²) in [6.45, 7) is 3.50. The molecule has 12 nitrogen and oxygen atoms in total. The van der Waals surface area contributed by atoms with Gasteiger partial charge in [0.05, 0.1) is 6.61 Å². The molecular weight excluding hydrogens is 366 g/mol. The number of aliphatic hydroxyl groups excluding tert-OH is 1. The van der Waals surface area contributed by atoms with Crippen LogP contribution < -0.4 is 16.0 Å². The fourth-order valence-electron chi connectivity index (χ4n) is 1.70. The molecule has 0 aromatic rings. The molecule has 3 amide bonds. The molecule has 0 aliphatic carbocycles. The van der Waals surface area contributed by atoms with Gasteiger partial charge in [-0.2, -0.15) is 0 Å². The van der Waals surface area contributed by atoms with Crippen LogP contribution in [-0.4, -0.2) is 76.0 Å². The average Bonchev–Trinajstić information content (AvgIpc) is 2.52. The summed E-state index contributed by atoms with van der Waals surface area (Å²) in [7, 11) is 0. The molecule has 0 fully saturated rings. The molecule has 0 rings (SSSR count). The van der Waals surface area contributed by atoms with E-state index in [1.54, 1.807) is 20.8 Å².